The highest BCUT2D eigenvalue weighted by molar-refractivity contribution is 7.99. The summed E-state index contributed by atoms with van der Waals surface area (Å²) in [6.07, 6.45) is 1.49. The molecule has 0 unspecified atom stereocenters. The fourth-order valence-corrected chi connectivity index (χ4v) is 3.65. The van der Waals surface area contributed by atoms with Crippen molar-refractivity contribution in [2.45, 2.75) is 25.6 Å². The Morgan fingerprint density at radius 2 is 1.91 bits per heavy atom. The molecular formula is C23H23N5O5S. The van der Waals surface area contributed by atoms with Gasteiger partial charge in [0.25, 0.3) is 11.6 Å². The standard InChI is InChI=1S/C23H23N5O5S/c1-15-9-16(2)26-23(25-15)34-14-22(29)27-24-12-17-7-8-20(21(11-17)32-3)33-13-18-5-4-6-19(10-18)28(30)31/h4-12H,13-14H2,1-3H3,(H,27,29)/b24-12-. The van der Waals surface area contributed by atoms with Crippen molar-refractivity contribution in [3.63, 3.8) is 0 Å². The van der Waals surface area contributed by atoms with Gasteiger partial charge in [-0.25, -0.2) is 15.4 Å². The van der Waals surface area contributed by atoms with Gasteiger partial charge in [-0.05, 0) is 49.2 Å². The molecule has 1 aromatic heterocycles. The number of methoxy groups -OCH3 is 1. The van der Waals surface area contributed by atoms with Crippen LogP contribution in [0, 0.1) is 24.0 Å². The monoisotopic (exact) mass is 481 g/mol. The zero-order valence-corrected chi connectivity index (χ0v) is 19.7. The Labute approximate surface area is 200 Å². The highest BCUT2D eigenvalue weighted by atomic mass is 32.2. The van der Waals surface area contributed by atoms with E-state index < -0.39 is 4.92 Å². The zero-order valence-electron chi connectivity index (χ0n) is 18.8. The quantitative estimate of drug-likeness (QED) is 0.152. The van der Waals surface area contributed by atoms with Gasteiger partial charge in [0.1, 0.15) is 6.61 Å². The van der Waals surface area contributed by atoms with Gasteiger partial charge in [0, 0.05) is 23.5 Å². The number of amides is 1. The summed E-state index contributed by atoms with van der Waals surface area (Å²) < 4.78 is 11.1. The molecule has 0 aliphatic carbocycles. The first kappa shape index (κ1) is 24.6. The Kier molecular flexibility index (Phi) is 8.52. The molecule has 11 heteroatoms. The number of nitro groups is 1. The summed E-state index contributed by atoms with van der Waals surface area (Å²) in [6, 6.07) is 13.3. The average Bonchev–Trinajstić information content (AvgIpc) is 2.81. The summed E-state index contributed by atoms with van der Waals surface area (Å²) in [4.78, 5) is 31.1. The van der Waals surface area contributed by atoms with Crippen molar-refractivity contribution < 1.29 is 19.2 Å². The Bertz CT molecular complexity index is 1200. The maximum atomic E-state index is 12.1. The second-order valence-electron chi connectivity index (χ2n) is 7.14. The first-order chi connectivity index (χ1) is 16.3. The van der Waals surface area contributed by atoms with Crippen LogP contribution < -0.4 is 14.9 Å². The number of thioether (sulfide) groups is 1. The lowest BCUT2D eigenvalue weighted by molar-refractivity contribution is -0.384. The minimum Gasteiger partial charge on any atom is -0.493 e. The molecule has 10 nitrogen and oxygen atoms in total. The lowest BCUT2D eigenvalue weighted by Crippen LogP contribution is -2.19. The number of aryl methyl sites for hydroxylation is 2. The predicted octanol–water partition coefficient (Wildman–Crippen LogP) is 3.83. The normalized spacial score (nSPS) is 10.8. The molecule has 1 N–H and O–H groups in total. The first-order valence-corrected chi connectivity index (χ1v) is 11.1. The topological polar surface area (TPSA) is 129 Å². The van der Waals surface area contributed by atoms with Crippen LogP contribution in [0.15, 0.2) is 58.8 Å². The minimum absolute atomic E-state index is 0.00148. The van der Waals surface area contributed by atoms with E-state index in [9.17, 15) is 14.9 Å². The smallest absolute Gasteiger partial charge is 0.269 e. The Morgan fingerprint density at radius 1 is 1.15 bits per heavy atom. The molecule has 0 saturated carbocycles. The van der Waals surface area contributed by atoms with Gasteiger partial charge in [-0.3, -0.25) is 14.9 Å². The number of nitrogens with zero attached hydrogens (tertiary/aromatic N) is 4. The molecule has 1 amide bonds. The van der Waals surface area contributed by atoms with E-state index in [0.717, 1.165) is 11.4 Å². The highest BCUT2D eigenvalue weighted by Gasteiger charge is 2.09. The van der Waals surface area contributed by atoms with Gasteiger partial charge in [0.15, 0.2) is 16.7 Å². The summed E-state index contributed by atoms with van der Waals surface area (Å²) >= 11 is 1.24. The molecular weight excluding hydrogens is 458 g/mol. The van der Waals surface area contributed by atoms with Gasteiger partial charge in [-0.15, -0.1) is 0 Å². The number of rotatable bonds is 10. The van der Waals surface area contributed by atoms with E-state index in [-0.39, 0.29) is 24.0 Å². The number of non-ortho nitro benzene ring substituents is 1. The van der Waals surface area contributed by atoms with Crippen molar-refractivity contribution in [2.24, 2.45) is 5.10 Å². The fourth-order valence-electron chi connectivity index (χ4n) is 2.90. The van der Waals surface area contributed by atoms with E-state index in [0.29, 0.717) is 27.8 Å². The number of benzene rings is 2. The van der Waals surface area contributed by atoms with Crippen LogP contribution >= 0.6 is 11.8 Å². The van der Waals surface area contributed by atoms with E-state index >= 15 is 0 Å². The summed E-state index contributed by atoms with van der Waals surface area (Å²) in [6.45, 7) is 3.90. The van der Waals surface area contributed by atoms with Crippen LogP contribution in [0.1, 0.15) is 22.5 Å². The number of ether oxygens (including phenoxy) is 2. The molecule has 1 heterocycles. The van der Waals surface area contributed by atoms with Crippen LogP contribution in [0.5, 0.6) is 11.5 Å². The fraction of sp³-hybridized carbons (Fsp3) is 0.217. The lowest BCUT2D eigenvalue weighted by Gasteiger charge is -2.11. The number of hydrazone groups is 1. The summed E-state index contributed by atoms with van der Waals surface area (Å²) in [5.74, 6) is 0.782. The summed E-state index contributed by atoms with van der Waals surface area (Å²) in [7, 11) is 1.50. The van der Waals surface area contributed by atoms with Crippen LogP contribution in [-0.2, 0) is 11.4 Å². The van der Waals surface area contributed by atoms with Gasteiger partial charge in [0.2, 0.25) is 0 Å². The molecule has 2 aromatic carbocycles. The van der Waals surface area contributed by atoms with E-state index in [4.69, 9.17) is 9.47 Å². The highest BCUT2D eigenvalue weighted by Crippen LogP contribution is 2.28. The van der Waals surface area contributed by atoms with Crippen LogP contribution in [0.3, 0.4) is 0 Å². The molecule has 0 radical (unpaired) electrons. The van der Waals surface area contributed by atoms with Gasteiger partial charge in [0.05, 0.1) is 24.0 Å². The second kappa shape index (κ2) is 11.8. The maximum Gasteiger partial charge on any atom is 0.269 e. The van der Waals surface area contributed by atoms with Crippen LogP contribution in [-0.4, -0.2) is 39.9 Å². The number of carbonyl (C=O) groups excluding carboxylic acids is 1. The van der Waals surface area contributed by atoms with Gasteiger partial charge in [-0.2, -0.15) is 5.10 Å². The molecule has 0 aliphatic heterocycles. The van der Waals surface area contributed by atoms with Crippen molar-refractivity contribution in [2.75, 3.05) is 12.9 Å². The van der Waals surface area contributed by atoms with E-state index in [1.54, 1.807) is 30.3 Å². The second-order valence-corrected chi connectivity index (χ2v) is 8.08. The van der Waals surface area contributed by atoms with Gasteiger partial charge in [-0.1, -0.05) is 23.9 Å². The third-order valence-corrected chi connectivity index (χ3v) is 5.25. The van der Waals surface area contributed by atoms with Gasteiger partial charge < -0.3 is 9.47 Å². The van der Waals surface area contributed by atoms with Crippen molar-refractivity contribution in [1.29, 1.82) is 0 Å². The van der Waals surface area contributed by atoms with Crippen molar-refractivity contribution >= 4 is 29.6 Å². The van der Waals surface area contributed by atoms with Gasteiger partial charge >= 0.3 is 0 Å². The molecule has 0 atom stereocenters. The number of hydrogen-bond donors (Lipinski definition) is 1. The molecule has 176 valence electrons. The number of nitro benzene ring substituents is 1. The minimum atomic E-state index is -0.451. The summed E-state index contributed by atoms with van der Waals surface area (Å²) in [5.41, 5.74) is 5.51. The average molecular weight is 482 g/mol. The van der Waals surface area contributed by atoms with Crippen LogP contribution in [0.25, 0.3) is 0 Å². The number of hydrogen-bond acceptors (Lipinski definition) is 9. The molecule has 0 fully saturated rings. The van der Waals surface area contributed by atoms with Crippen molar-refractivity contribution in [1.82, 2.24) is 15.4 Å². The molecule has 0 aliphatic rings. The SMILES string of the molecule is COc1cc(/C=N\NC(=O)CSc2nc(C)cc(C)n2)ccc1OCc1cccc([N+](=O)[O-])c1. The third-order valence-electron chi connectivity index (χ3n) is 4.40. The largest absolute Gasteiger partial charge is 0.493 e. The number of nitrogens with one attached hydrogen (secondary N) is 1. The number of aromatic nitrogens is 2. The Morgan fingerprint density at radius 3 is 2.62 bits per heavy atom. The number of carbonyl (C=O) groups is 1. The van der Waals surface area contributed by atoms with Crippen molar-refractivity contribution in [3.05, 3.63) is 81.2 Å². The van der Waals surface area contributed by atoms with Crippen molar-refractivity contribution in [3.8, 4) is 11.5 Å². The predicted molar refractivity (Wildman–Crippen MR) is 128 cm³/mol. The van der Waals surface area contributed by atoms with E-state index in [1.807, 2.05) is 19.9 Å². The molecule has 34 heavy (non-hydrogen) atoms. The molecule has 0 spiro atoms. The third kappa shape index (κ3) is 7.27. The summed E-state index contributed by atoms with van der Waals surface area (Å²) in [5, 5.41) is 15.4. The molecule has 0 bridgehead atoms. The van der Waals surface area contributed by atoms with E-state index in [2.05, 4.69) is 20.5 Å². The lowest BCUT2D eigenvalue weighted by atomic mass is 10.2. The molecule has 3 aromatic rings. The van der Waals surface area contributed by atoms with Crippen LogP contribution in [0.2, 0.25) is 0 Å². The van der Waals surface area contributed by atoms with E-state index in [1.165, 1.54) is 37.2 Å². The maximum absolute atomic E-state index is 12.1. The first-order valence-electron chi connectivity index (χ1n) is 10.1. The zero-order chi connectivity index (χ0) is 24.5. The Hall–Kier alpha value is -3.99. The molecule has 3 rings (SSSR count). The molecule has 0 saturated heterocycles. The Balaban J connectivity index is 1.54. The van der Waals surface area contributed by atoms with Crippen LogP contribution in [0.4, 0.5) is 5.69 Å².